The number of Topliss-reactive ketones (excluding diaryl/α,β-unsaturated/α-hetero) is 1. The monoisotopic (exact) mass is 626 g/mol. The molecule has 3 atom stereocenters. The molecular weight excluding hydrogens is 584 g/mol. The average Bonchev–Trinajstić information content (AvgIpc) is 3.01. The third-order valence-electron chi connectivity index (χ3n) is 7.42. The van der Waals surface area contributed by atoms with E-state index in [1.54, 1.807) is 30.6 Å². The van der Waals surface area contributed by atoms with Gasteiger partial charge >= 0.3 is 0 Å². The van der Waals surface area contributed by atoms with Crippen molar-refractivity contribution < 1.29 is 19.5 Å². The van der Waals surface area contributed by atoms with Crippen LogP contribution in [0.3, 0.4) is 0 Å². The number of carbonyl (C=O) groups is 3. The van der Waals surface area contributed by atoms with Crippen molar-refractivity contribution in [2.24, 2.45) is 11.8 Å². The summed E-state index contributed by atoms with van der Waals surface area (Å²) in [6, 6.07) is 21.3. The lowest BCUT2D eigenvalue weighted by Crippen LogP contribution is -2.46. The first kappa shape index (κ1) is 33.8. The van der Waals surface area contributed by atoms with Gasteiger partial charge in [-0.25, -0.2) is 4.98 Å². The van der Waals surface area contributed by atoms with Gasteiger partial charge in [-0.15, -0.1) is 11.8 Å². The molecule has 4 rings (SSSR count). The molecule has 0 aliphatic rings. The molecule has 2 amide bonds. The van der Waals surface area contributed by atoms with Crippen molar-refractivity contribution in [2.75, 3.05) is 5.75 Å². The summed E-state index contributed by atoms with van der Waals surface area (Å²) in [5.41, 5.74) is 1.71. The maximum atomic E-state index is 13.8. The van der Waals surface area contributed by atoms with Gasteiger partial charge in [0, 0.05) is 51.9 Å². The summed E-state index contributed by atoms with van der Waals surface area (Å²) < 4.78 is 0. The molecule has 0 radical (unpaired) electrons. The number of amides is 2. The first-order valence-corrected chi connectivity index (χ1v) is 16.2. The zero-order valence-electron chi connectivity index (χ0n) is 26.5. The number of para-hydroxylation sites is 1. The molecule has 9 heteroatoms. The molecule has 0 saturated heterocycles. The summed E-state index contributed by atoms with van der Waals surface area (Å²) in [5, 5.41) is 18.4. The Labute approximate surface area is 269 Å². The number of thioether (sulfide) groups is 1. The highest BCUT2D eigenvalue weighted by atomic mass is 32.2. The third kappa shape index (κ3) is 9.70. The number of hydrogen-bond donors (Lipinski definition) is 3. The summed E-state index contributed by atoms with van der Waals surface area (Å²) in [7, 11) is 0. The van der Waals surface area contributed by atoms with Gasteiger partial charge in [-0.1, -0.05) is 56.3 Å². The lowest BCUT2D eigenvalue weighted by atomic mass is 9.87. The topological polar surface area (TPSA) is 121 Å². The minimum atomic E-state index is -0.924. The Balaban J connectivity index is 1.53. The van der Waals surface area contributed by atoms with Crippen molar-refractivity contribution in [3.05, 3.63) is 102 Å². The molecule has 0 saturated carbocycles. The summed E-state index contributed by atoms with van der Waals surface area (Å²) in [6.07, 6.45) is 2.75. The lowest BCUT2D eigenvalue weighted by Gasteiger charge is -2.27. The zero-order chi connectivity index (χ0) is 32.6. The number of nitrogens with one attached hydrogen (secondary N) is 2. The molecule has 0 bridgehead atoms. The number of aromatic nitrogens is 2. The van der Waals surface area contributed by atoms with E-state index in [1.165, 1.54) is 11.8 Å². The SMILES string of the molecule is CC(C)[C@H](NC(=O)c1ccc2ccccc2n1)C(=O)C[C@H](CSc1cccnc1)[C@@H](O)Cc1ccccc1C(=O)NC(C)(C)C. The van der Waals surface area contributed by atoms with Crippen LogP contribution >= 0.6 is 11.8 Å². The fourth-order valence-corrected chi connectivity index (χ4v) is 6.13. The molecule has 236 valence electrons. The van der Waals surface area contributed by atoms with Crippen molar-refractivity contribution in [2.45, 2.75) is 70.0 Å². The summed E-state index contributed by atoms with van der Waals surface area (Å²) in [6.45, 7) is 9.52. The molecular formula is C36H42N4O4S. The van der Waals surface area contributed by atoms with Crippen molar-refractivity contribution in [3.63, 3.8) is 0 Å². The molecule has 0 aliphatic carbocycles. The van der Waals surface area contributed by atoms with Crippen LogP contribution in [0.4, 0.5) is 0 Å². The predicted octanol–water partition coefficient (Wildman–Crippen LogP) is 5.88. The van der Waals surface area contributed by atoms with E-state index in [-0.39, 0.29) is 36.1 Å². The van der Waals surface area contributed by atoms with Gasteiger partial charge < -0.3 is 15.7 Å². The Kier molecular flexibility index (Phi) is 11.5. The molecule has 45 heavy (non-hydrogen) atoms. The number of aliphatic hydroxyl groups excluding tert-OH is 1. The zero-order valence-corrected chi connectivity index (χ0v) is 27.3. The Morgan fingerprint density at radius 1 is 0.911 bits per heavy atom. The van der Waals surface area contributed by atoms with Gasteiger partial charge in [-0.2, -0.15) is 0 Å². The minimum absolute atomic E-state index is 0.0407. The second-order valence-corrected chi connectivity index (χ2v) is 13.7. The van der Waals surface area contributed by atoms with E-state index in [0.717, 1.165) is 10.3 Å². The maximum absolute atomic E-state index is 13.8. The number of rotatable bonds is 13. The number of hydrogen-bond acceptors (Lipinski definition) is 7. The highest BCUT2D eigenvalue weighted by Crippen LogP contribution is 2.27. The van der Waals surface area contributed by atoms with Crippen LogP contribution in [-0.4, -0.2) is 56.1 Å². The first-order chi connectivity index (χ1) is 21.4. The smallest absolute Gasteiger partial charge is 0.270 e. The van der Waals surface area contributed by atoms with Crippen LogP contribution < -0.4 is 10.6 Å². The van der Waals surface area contributed by atoms with Gasteiger partial charge in [0.1, 0.15) is 5.69 Å². The van der Waals surface area contributed by atoms with Crippen LogP contribution in [0.5, 0.6) is 0 Å². The average molecular weight is 627 g/mol. The van der Waals surface area contributed by atoms with E-state index in [4.69, 9.17) is 0 Å². The predicted molar refractivity (Wildman–Crippen MR) is 179 cm³/mol. The van der Waals surface area contributed by atoms with Gasteiger partial charge in [-0.05, 0) is 69.0 Å². The van der Waals surface area contributed by atoms with Crippen LogP contribution in [0.25, 0.3) is 10.9 Å². The quantitative estimate of drug-likeness (QED) is 0.158. The first-order valence-electron chi connectivity index (χ1n) is 15.2. The Hall–Kier alpha value is -4.08. The molecule has 2 heterocycles. The molecule has 8 nitrogen and oxygen atoms in total. The highest BCUT2D eigenvalue weighted by molar-refractivity contribution is 7.99. The molecule has 4 aromatic rings. The molecule has 3 N–H and O–H groups in total. The molecule has 2 aromatic carbocycles. The fourth-order valence-electron chi connectivity index (χ4n) is 5.07. The number of carbonyl (C=O) groups excluding carboxylic acids is 3. The number of pyridine rings is 2. The van der Waals surface area contributed by atoms with Crippen LogP contribution in [-0.2, 0) is 11.2 Å². The van der Waals surface area contributed by atoms with E-state index in [1.807, 2.05) is 89.2 Å². The van der Waals surface area contributed by atoms with Gasteiger partial charge in [0.15, 0.2) is 5.78 Å². The highest BCUT2D eigenvalue weighted by Gasteiger charge is 2.31. The second kappa shape index (κ2) is 15.3. The van der Waals surface area contributed by atoms with Crippen molar-refractivity contribution in [3.8, 4) is 0 Å². The third-order valence-corrected chi connectivity index (χ3v) is 8.59. The Morgan fingerprint density at radius 2 is 1.64 bits per heavy atom. The van der Waals surface area contributed by atoms with Gasteiger partial charge in [-0.3, -0.25) is 19.4 Å². The van der Waals surface area contributed by atoms with Gasteiger partial charge in [0.05, 0.1) is 17.7 Å². The normalized spacial score (nSPS) is 13.7. The van der Waals surface area contributed by atoms with Crippen molar-refractivity contribution in [1.29, 1.82) is 0 Å². The van der Waals surface area contributed by atoms with Crippen LogP contribution in [0.1, 0.15) is 67.4 Å². The number of ketones is 1. The van der Waals surface area contributed by atoms with Crippen LogP contribution in [0, 0.1) is 11.8 Å². The number of benzene rings is 2. The Bertz CT molecular complexity index is 1620. The molecule has 0 spiro atoms. The van der Waals surface area contributed by atoms with E-state index in [0.29, 0.717) is 22.4 Å². The van der Waals surface area contributed by atoms with Gasteiger partial charge in [0.25, 0.3) is 11.8 Å². The summed E-state index contributed by atoms with van der Waals surface area (Å²) >= 11 is 1.51. The van der Waals surface area contributed by atoms with E-state index in [2.05, 4.69) is 20.6 Å². The lowest BCUT2D eigenvalue weighted by molar-refractivity contribution is -0.123. The van der Waals surface area contributed by atoms with E-state index in [9.17, 15) is 19.5 Å². The van der Waals surface area contributed by atoms with Crippen LogP contribution in [0.2, 0.25) is 0 Å². The second-order valence-electron chi connectivity index (χ2n) is 12.6. The van der Waals surface area contributed by atoms with Gasteiger partial charge in [0.2, 0.25) is 0 Å². The fraction of sp³-hybridized carbons (Fsp3) is 0.361. The Morgan fingerprint density at radius 3 is 2.36 bits per heavy atom. The number of nitrogens with zero attached hydrogens (tertiary/aromatic N) is 2. The standard InChI is InChI=1S/C36H42N4O4S/c1-23(2)33(39-35(44)30-17-16-24-11-7-9-15-29(24)38-30)32(42)20-26(22-45-27-13-10-18-37-21-27)31(41)19-25-12-6-8-14-28(25)34(43)40-36(3,4)5/h6-18,21,23,26,31,33,41H,19-20,22H2,1-5H3,(H,39,44)(H,40,43)/t26-,31+,33+/m1/s1. The van der Waals surface area contributed by atoms with E-state index < -0.39 is 29.5 Å². The van der Waals surface area contributed by atoms with Crippen LogP contribution in [0.15, 0.2) is 90.1 Å². The number of aliphatic hydroxyl groups is 1. The number of fused-ring (bicyclic) bond motifs is 1. The van der Waals surface area contributed by atoms with E-state index >= 15 is 0 Å². The summed E-state index contributed by atoms with van der Waals surface area (Å²) in [4.78, 5) is 49.8. The summed E-state index contributed by atoms with van der Waals surface area (Å²) in [5.74, 6) is -1.01. The molecule has 0 aliphatic heterocycles. The minimum Gasteiger partial charge on any atom is -0.392 e. The van der Waals surface area contributed by atoms with Crippen molar-refractivity contribution >= 4 is 40.3 Å². The molecule has 2 aromatic heterocycles. The maximum Gasteiger partial charge on any atom is 0.270 e. The molecule has 0 fully saturated rings. The largest absolute Gasteiger partial charge is 0.392 e. The van der Waals surface area contributed by atoms with Crippen molar-refractivity contribution in [1.82, 2.24) is 20.6 Å². The molecule has 0 unspecified atom stereocenters.